The Balaban J connectivity index is 1.14. The van der Waals surface area contributed by atoms with Crippen molar-refractivity contribution in [3.05, 3.63) is 76.9 Å². The first-order chi connectivity index (χ1) is 22.1. The highest BCUT2D eigenvalue weighted by atomic mass is 16.5. The van der Waals surface area contributed by atoms with Crippen molar-refractivity contribution >= 4 is 51.9 Å². The molecule has 2 aliphatic rings. The first-order valence-electron chi connectivity index (χ1n) is 15.4. The predicted molar refractivity (Wildman–Crippen MR) is 167 cm³/mol. The third kappa shape index (κ3) is 6.84. The first-order valence-corrected chi connectivity index (χ1v) is 15.4. The van der Waals surface area contributed by atoms with Gasteiger partial charge in [-0.3, -0.25) is 33.7 Å². The van der Waals surface area contributed by atoms with Gasteiger partial charge in [-0.15, -0.1) is 0 Å². The van der Waals surface area contributed by atoms with Crippen LogP contribution in [-0.4, -0.2) is 71.8 Å². The molecule has 0 bridgehead atoms. The van der Waals surface area contributed by atoms with E-state index in [1.165, 1.54) is 0 Å². The summed E-state index contributed by atoms with van der Waals surface area (Å²) in [6.07, 6.45) is 1.02. The second-order valence-electron chi connectivity index (χ2n) is 11.8. The molecule has 0 fully saturated rings. The molecule has 3 atom stereocenters. The van der Waals surface area contributed by atoms with Gasteiger partial charge in [0.1, 0.15) is 13.2 Å². The summed E-state index contributed by atoms with van der Waals surface area (Å²) in [6.45, 7) is 2.42. The van der Waals surface area contributed by atoms with Crippen LogP contribution in [0.5, 0.6) is 0 Å². The highest BCUT2D eigenvalue weighted by Crippen LogP contribution is 2.30. The highest BCUT2D eigenvalue weighted by molar-refractivity contribution is 6.25. The smallest absolute Gasteiger partial charge is 0.309 e. The molecule has 1 heterocycles. The summed E-state index contributed by atoms with van der Waals surface area (Å²) in [5, 5.41) is 13.3. The molecule has 240 valence electrons. The Kier molecular flexibility index (Phi) is 9.91. The number of ether oxygens (including phenoxy) is 2. The number of Topliss-reactive ketones (excluding diaryl/α,β-unsaturated/α-hetero) is 1. The van der Waals surface area contributed by atoms with Crippen LogP contribution in [0.1, 0.15) is 69.7 Å². The Morgan fingerprint density at radius 3 is 2.17 bits per heavy atom. The Hall–Kier alpha value is -4.90. The first kappa shape index (κ1) is 32.5. The zero-order valence-corrected chi connectivity index (χ0v) is 25.7. The maximum Gasteiger partial charge on any atom is 0.309 e. The zero-order chi connectivity index (χ0) is 33.0. The molecular weight excluding hydrogens is 592 g/mol. The molecule has 11 nitrogen and oxygen atoms in total. The zero-order valence-electron chi connectivity index (χ0n) is 25.7. The summed E-state index contributed by atoms with van der Waals surface area (Å²) in [6, 6.07) is 15.7. The van der Waals surface area contributed by atoms with Crippen LogP contribution in [-0.2, 0) is 30.3 Å². The van der Waals surface area contributed by atoms with E-state index in [9.17, 15) is 28.8 Å². The fourth-order valence-corrected chi connectivity index (χ4v) is 5.86. The molecular formula is C35H36N2O9. The Bertz CT molecular complexity index is 1660. The highest BCUT2D eigenvalue weighted by Gasteiger charge is 2.33. The third-order valence-electron chi connectivity index (χ3n) is 8.55. The second-order valence-corrected chi connectivity index (χ2v) is 11.8. The summed E-state index contributed by atoms with van der Waals surface area (Å²) in [5.74, 6) is -4.35. The number of benzene rings is 3. The van der Waals surface area contributed by atoms with Crippen molar-refractivity contribution in [3.8, 4) is 0 Å². The van der Waals surface area contributed by atoms with E-state index in [2.05, 4.69) is 5.32 Å². The van der Waals surface area contributed by atoms with E-state index < -0.39 is 41.5 Å². The maximum absolute atomic E-state index is 13.1. The number of hydrogen-bond acceptors (Lipinski definition) is 9. The fourth-order valence-electron chi connectivity index (χ4n) is 5.86. The minimum absolute atomic E-state index is 0.0353. The predicted octanol–water partition coefficient (Wildman–Crippen LogP) is 3.95. The van der Waals surface area contributed by atoms with Gasteiger partial charge in [-0.25, -0.2) is 0 Å². The van der Waals surface area contributed by atoms with E-state index in [4.69, 9.17) is 14.6 Å². The van der Waals surface area contributed by atoms with E-state index in [0.29, 0.717) is 40.6 Å². The van der Waals surface area contributed by atoms with Gasteiger partial charge < -0.3 is 19.9 Å². The molecule has 1 aliphatic carbocycles. The van der Waals surface area contributed by atoms with Crippen LogP contribution in [0.4, 0.5) is 5.69 Å². The lowest BCUT2D eigenvalue weighted by atomic mass is 9.87. The average Bonchev–Trinajstić information content (AvgIpc) is 3.05. The molecule has 3 amide bonds. The molecule has 3 aromatic carbocycles. The van der Waals surface area contributed by atoms with Gasteiger partial charge in [-0.2, -0.15) is 0 Å². The van der Waals surface area contributed by atoms with Crippen LogP contribution >= 0.6 is 0 Å². The van der Waals surface area contributed by atoms with Gasteiger partial charge in [0.15, 0.2) is 5.78 Å². The Labute approximate surface area is 265 Å². The van der Waals surface area contributed by atoms with Gasteiger partial charge in [0, 0.05) is 40.1 Å². The van der Waals surface area contributed by atoms with Gasteiger partial charge in [0.05, 0.1) is 25.0 Å². The number of carbonyl (C=O) groups excluding carboxylic acids is 6. The van der Waals surface area contributed by atoms with E-state index >= 15 is 0 Å². The van der Waals surface area contributed by atoms with Gasteiger partial charge >= 0.3 is 11.9 Å². The Morgan fingerprint density at radius 2 is 1.52 bits per heavy atom. The van der Waals surface area contributed by atoms with Gasteiger partial charge in [0.25, 0.3) is 11.8 Å². The molecule has 0 saturated heterocycles. The van der Waals surface area contributed by atoms with E-state index in [1.807, 2.05) is 18.2 Å². The summed E-state index contributed by atoms with van der Waals surface area (Å²) >= 11 is 0. The van der Waals surface area contributed by atoms with Crippen LogP contribution in [0, 0.1) is 17.8 Å². The number of anilines is 1. The Morgan fingerprint density at radius 1 is 0.848 bits per heavy atom. The summed E-state index contributed by atoms with van der Waals surface area (Å²) in [7, 11) is 0. The molecule has 0 spiro atoms. The second kappa shape index (κ2) is 14.0. The molecule has 46 heavy (non-hydrogen) atoms. The van der Waals surface area contributed by atoms with Gasteiger partial charge in [-0.05, 0) is 54.5 Å². The van der Waals surface area contributed by atoms with Crippen molar-refractivity contribution in [3.63, 3.8) is 0 Å². The van der Waals surface area contributed by atoms with Crippen molar-refractivity contribution in [2.24, 2.45) is 17.8 Å². The van der Waals surface area contributed by atoms with E-state index in [1.54, 1.807) is 50.2 Å². The third-order valence-corrected chi connectivity index (χ3v) is 8.55. The SMILES string of the molecule is CC(CCC(CC(C)C(=O)OCCN1C(=O)c2cccc3cccc(c23)C1=O)C(=O)OCCO)C(=O)Nc1ccc2c(c1)C(=O)C2. The molecule has 2 N–H and O–H groups in total. The standard InChI is InChI=1S/C35H36N2O9/c1-20(31(40)36-25-12-11-23-18-29(39)28(23)19-25)9-10-24(35(44)46-16-14-38)17-21(2)34(43)45-15-13-37-32(41)26-7-3-5-22-6-4-8-27(30(22)26)33(37)42/h3-8,11-12,19-21,24,38H,9-10,13-18H2,1-2H3,(H,36,40). The number of ketones is 1. The van der Waals surface area contributed by atoms with Crippen LogP contribution in [0.15, 0.2) is 54.6 Å². The number of amides is 3. The summed E-state index contributed by atoms with van der Waals surface area (Å²) in [4.78, 5) is 77.6. The van der Waals surface area contributed by atoms with Crippen molar-refractivity contribution in [2.75, 3.05) is 31.7 Å². The number of imide groups is 1. The summed E-state index contributed by atoms with van der Waals surface area (Å²) in [5.41, 5.74) is 2.89. The van der Waals surface area contributed by atoms with E-state index in [0.717, 1.165) is 15.8 Å². The lowest BCUT2D eigenvalue weighted by Gasteiger charge is -2.27. The molecule has 0 saturated carbocycles. The van der Waals surface area contributed by atoms with Crippen molar-refractivity contribution in [2.45, 2.75) is 39.5 Å². The quantitative estimate of drug-likeness (QED) is 0.199. The van der Waals surface area contributed by atoms with Crippen LogP contribution in [0.2, 0.25) is 0 Å². The number of nitrogens with one attached hydrogen (secondary N) is 1. The number of nitrogens with zero attached hydrogens (tertiary/aromatic N) is 1. The van der Waals surface area contributed by atoms with Crippen LogP contribution in [0.3, 0.4) is 0 Å². The number of aliphatic hydroxyl groups is 1. The van der Waals surface area contributed by atoms with Crippen molar-refractivity contribution < 1.29 is 43.3 Å². The number of fused-ring (bicyclic) bond motifs is 1. The molecule has 0 radical (unpaired) electrons. The number of hydrogen-bond donors (Lipinski definition) is 2. The minimum atomic E-state index is -0.749. The molecule has 3 unspecified atom stereocenters. The molecule has 0 aromatic heterocycles. The lowest BCUT2D eigenvalue weighted by Crippen LogP contribution is -2.42. The number of aliphatic hydroxyl groups excluding tert-OH is 1. The molecule has 1 aliphatic heterocycles. The number of esters is 2. The lowest BCUT2D eigenvalue weighted by molar-refractivity contribution is -0.153. The number of carbonyl (C=O) groups is 6. The van der Waals surface area contributed by atoms with Gasteiger partial charge in [0.2, 0.25) is 5.91 Å². The van der Waals surface area contributed by atoms with Crippen molar-refractivity contribution in [1.82, 2.24) is 4.90 Å². The van der Waals surface area contributed by atoms with Gasteiger partial charge in [-0.1, -0.05) is 44.2 Å². The van der Waals surface area contributed by atoms with Crippen LogP contribution < -0.4 is 5.32 Å². The normalized spacial score (nSPS) is 15.5. The number of rotatable bonds is 14. The van der Waals surface area contributed by atoms with Crippen molar-refractivity contribution in [1.29, 1.82) is 0 Å². The summed E-state index contributed by atoms with van der Waals surface area (Å²) < 4.78 is 10.6. The largest absolute Gasteiger partial charge is 0.464 e. The fraction of sp³-hybridized carbons (Fsp3) is 0.371. The average molecular weight is 629 g/mol. The monoisotopic (exact) mass is 628 g/mol. The molecule has 5 rings (SSSR count). The van der Waals surface area contributed by atoms with E-state index in [-0.39, 0.29) is 50.9 Å². The maximum atomic E-state index is 13.1. The topological polar surface area (TPSA) is 156 Å². The molecule has 3 aromatic rings. The van der Waals surface area contributed by atoms with Crippen LogP contribution in [0.25, 0.3) is 10.8 Å². The molecule has 11 heteroatoms. The minimum Gasteiger partial charge on any atom is -0.464 e.